The van der Waals surface area contributed by atoms with Crippen LogP contribution < -0.4 is 9.46 Å². The molecule has 3 aromatic carbocycles. The van der Waals surface area contributed by atoms with Crippen molar-refractivity contribution in [3.05, 3.63) is 77.3 Å². The van der Waals surface area contributed by atoms with Gasteiger partial charge in [-0.15, -0.1) is 0 Å². The highest BCUT2D eigenvalue weighted by Crippen LogP contribution is 2.39. The molecule has 1 aliphatic rings. The number of nitrogens with zero attached hydrogens (tertiary/aromatic N) is 2. The number of benzene rings is 3. The second-order valence-corrected chi connectivity index (χ2v) is 8.91. The molecule has 0 saturated heterocycles. The molecular formula is C22H20ClN3O3S. The fourth-order valence-corrected chi connectivity index (χ4v) is 4.42. The molecule has 3 aromatic rings. The first-order valence-electron chi connectivity index (χ1n) is 9.37. The minimum atomic E-state index is -3.80. The molecule has 30 heavy (non-hydrogen) atoms. The van der Waals surface area contributed by atoms with Crippen LogP contribution in [0.25, 0.3) is 0 Å². The lowest BCUT2D eigenvalue weighted by Gasteiger charge is -2.20. The van der Waals surface area contributed by atoms with E-state index in [-0.39, 0.29) is 4.90 Å². The molecule has 0 atom stereocenters. The largest absolute Gasteiger partial charge is 0.454 e. The molecule has 4 rings (SSSR count). The maximum absolute atomic E-state index is 12.8. The Bertz CT molecular complexity index is 1240. The van der Waals surface area contributed by atoms with E-state index in [1.54, 1.807) is 30.3 Å². The molecule has 0 saturated carbocycles. The molecule has 0 amide bonds. The smallest absolute Gasteiger partial charge is 0.261 e. The number of aliphatic imine (C=N–C) groups is 1. The summed E-state index contributed by atoms with van der Waals surface area (Å²) < 4.78 is 34.3. The Hall–Kier alpha value is -3.03. The molecule has 0 radical (unpaired) electrons. The average Bonchev–Trinajstić information content (AvgIpc) is 2.89. The first-order valence-corrected chi connectivity index (χ1v) is 11.2. The summed E-state index contributed by atoms with van der Waals surface area (Å²) in [5.41, 5.74) is 1.81. The summed E-state index contributed by atoms with van der Waals surface area (Å²) >= 11 is 5.95. The maximum atomic E-state index is 12.8. The third-order valence-corrected chi connectivity index (χ3v) is 6.34. The molecule has 1 N–H and O–H groups in total. The van der Waals surface area contributed by atoms with Crippen molar-refractivity contribution in [2.45, 2.75) is 11.8 Å². The van der Waals surface area contributed by atoms with Crippen LogP contribution in [0, 0.1) is 0 Å². The van der Waals surface area contributed by atoms with E-state index in [0.29, 0.717) is 39.3 Å². The minimum absolute atomic E-state index is 0.0909. The average molecular weight is 442 g/mol. The normalized spacial score (nSPS) is 12.7. The van der Waals surface area contributed by atoms with Crippen molar-refractivity contribution in [1.29, 1.82) is 0 Å². The second kappa shape index (κ2) is 8.01. The molecule has 0 aromatic heterocycles. The summed E-state index contributed by atoms with van der Waals surface area (Å²) in [6.45, 7) is 2.74. The number of anilines is 1. The zero-order valence-electron chi connectivity index (χ0n) is 16.5. The Kier molecular flexibility index (Phi) is 5.40. The van der Waals surface area contributed by atoms with Crippen molar-refractivity contribution in [3.63, 3.8) is 0 Å². The van der Waals surface area contributed by atoms with Crippen LogP contribution in [0.5, 0.6) is 11.5 Å². The summed E-state index contributed by atoms with van der Waals surface area (Å²) in [6, 6.07) is 18.8. The number of rotatable bonds is 4. The van der Waals surface area contributed by atoms with Crippen molar-refractivity contribution in [3.8, 4) is 11.5 Å². The van der Waals surface area contributed by atoms with Crippen LogP contribution in [0.2, 0.25) is 5.02 Å². The van der Waals surface area contributed by atoms with Crippen LogP contribution in [-0.4, -0.2) is 32.7 Å². The predicted octanol–water partition coefficient (Wildman–Crippen LogP) is 5.28. The number of halogens is 1. The summed E-state index contributed by atoms with van der Waals surface area (Å²) in [5.74, 6) is 1.94. The fraction of sp³-hybridized carbons (Fsp3) is 0.136. The van der Waals surface area contributed by atoms with Crippen molar-refractivity contribution in [1.82, 2.24) is 4.90 Å². The number of amidine groups is 1. The summed E-state index contributed by atoms with van der Waals surface area (Å²) in [4.78, 5) is 6.86. The summed E-state index contributed by atoms with van der Waals surface area (Å²) in [5, 5.41) is 0.352. The van der Waals surface area contributed by atoms with E-state index in [2.05, 4.69) is 4.72 Å². The lowest BCUT2D eigenvalue weighted by Crippen LogP contribution is -2.27. The molecule has 8 heteroatoms. The van der Waals surface area contributed by atoms with Gasteiger partial charge in [0.2, 0.25) is 0 Å². The predicted molar refractivity (Wildman–Crippen MR) is 120 cm³/mol. The van der Waals surface area contributed by atoms with Gasteiger partial charge in [-0.25, -0.2) is 13.4 Å². The summed E-state index contributed by atoms with van der Waals surface area (Å²) in [7, 11) is -1.87. The van der Waals surface area contributed by atoms with Crippen molar-refractivity contribution in [2.75, 3.05) is 18.3 Å². The molecule has 6 nitrogen and oxygen atoms in total. The quantitative estimate of drug-likeness (QED) is 0.598. The lowest BCUT2D eigenvalue weighted by atomic mass is 10.1. The Labute approximate surface area is 180 Å². The van der Waals surface area contributed by atoms with Gasteiger partial charge < -0.3 is 9.64 Å². The van der Waals surface area contributed by atoms with E-state index in [1.807, 2.05) is 43.1 Å². The molecule has 0 bridgehead atoms. The first kappa shape index (κ1) is 20.3. The van der Waals surface area contributed by atoms with E-state index in [9.17, 15) is 8.42 Å². The van der Waals surface area contributed by atoms with Gasteiger partial charge in [-0.1, -0.05) is 29.8 Å². The van der Waals surface area contributed by atoms with Gasteiger partial charge in [-0.2, -0.15) is 0 Å². The highest BCUT2D eigenvalue weighted by atomic mass is 35.5. The van der Waals surface area contributed by atoms with E-state index in [0.717, 1.165) is 6.54 Å². The number of para-hydroxylation sites is 2. The number of hydrogen-bond acceptors (Lipinski definition) is 5. The molecular weight excluding hydrogens is 422 g/mol. The van der Waals surface area contributed by atoms with E-state index < -0.39 is 10.0 Å². The van der Waals surface area contributed by atoms with Gasteiger partial charge >= 0.3 is 0 Å². The standard InChI is InChI=1S/C22H20ClN3O3S/c1-3-26(2)22-18-14-16(25-30(27,28)17-8-6-7-15(23)13-17)11-12-20(18)29-21-10-5-4-9-19(21)24-22/h4-14,25H,3H2,1-2H3. The van der Waals surface area contributed by atoms with E-state index >= 15 is 0 Å². The number of ether oxygens (including phenoxy) is 1. The lowest BCUT2D eigenvalue weighted by molar-refractivity contribution is 0.482. The van der Waals surface area contributed by atoms with E-state index in [1.165, 1.54) is 12.1 Å². The van der Waals surface area contributed by atoms with Crippen molar-refractivity contribution >= 4 is 38.8 Å². The zero-order chi connectivity index (χ0) is 21.3. The highest BCUT2D eigenvalue weighted by Gasteiger charge is 2.22. The van der Waals surface area contributed by atoms with Gasteiger partial charge in [0.25, 0.3) is 10.0 Å². The second-order valence-electron chi connectivity index (χ2n) is 6.79. The van der Waals surface area contributed by atoms with Crippen LogP contribution in [0.15, 0.2) is 76.6 Å². The molecule has 0 unspecified atom stereocenters. The fourth-order valence-electron chi connectivity index (χ4n) is 3.07. The van der Waals surface area contributed by atoms with Gasteiger partial charge in [-0.3, -0.25) is 4.72 Å². The summed E-state index contributed by atoms with van der Waals surface area (Å²) in [6.07, 6.45) is 0. The minimum Gasteiger partial charge on any atom is -0.454 e. The topological polar surface area (TPSA) is 71.0 Å². The monoisotopic (exact) mass is 441 g/mol. The Morgan fingerprint density at radius 1 is 1.03 bits per heavy atom. The SMILES string of the molecule is CCN(C)C1=Nc2ccccc2Oc2ccc(NS(=O)(=O)c3cccc(Cl)c3)cc21. The Balaban J connectivity index is 1.77. The molecule has 154 valence electrons. The van der Waals surface area contributed by atoms with Gasteiger partial charge in [0.15, 0.2) is 5.75 Å². The molecule has 1 aliphatic heterocycles. The van der Waals surface area contributed by atoms with Crippen molar-refractivity contribution in [2.24, 2.45) is 4.99 Å². The highest BCUT2D eigenvalue weighted by molar-refractivity contribution is 7.92. The maximum Gasteiger partial charge on any atom is 0.261 e. The Morgan fingerprint density at radius 2 is 1.83 bits per heavy atom. The molecule has 0 fully saturated rings. The third-order valence-electron chi connectivity index (χ3n) is 4.73. The number of sulfonamides is 1. The van der Waals surface area contributed by atoms with Gasteiger partial charge in [0.05, 0.1) is 10.5 Å². The molecule has 0 aliphatic carbocycles. The van der Waals surface area contributed by atoms with E-state index in [4.69, 9.17) is 21.3 Å². The zero-order valence-corrected chi connectivity index (χ0v) is 18.0. The Morgan fingerprint density at radius 3 is 2.60 bits per heavy atom. The van der Waals surface area contributed by atoms with Crippen molar-refractivity contribution < 1.29 is 13.2 Å². The third kappa shape index (κ3) is 3.99. The number of hydrogen-bond donors (Lipinski definition) is 1. The van der Waals surface area contributed by atoms with Gasteiger partial charge in [-0.05, 0) is 55.5 Å². The van der Waals surface area contributed by atoms with Crippen LogP contribution in [0.4, 0.5) is 11.4 Å². The van der Waals surface area contributed by atoms with Crippen LogP contribution >= 0.6 is 11.6 Å². The van der Waals surface area contributed by atoms with Gasteiger partial charge in [0, 0.05) is 24.3 Å². The van der Waals surface area contributed by atoms with Crippen LogP contribution in [-0.2, 0) is 10.0 Å². The number of fused-ring (bicyclic) bond motifs is 2. The first-order chi connectivity index (χ1) is 14.4. The van der Waals surface area contributed by atoms with Crippen LogP contribution in [0.1, 0.15) is 12.5 Å². The molecule has 0 spiro atoms. The van der Waals surface area contributed by atoms with Gasteiger partial charge in [0.1, 0.15) is 17.3 Å². The van der Waals surface area contributed by atoms with Crippen LogP contribution in [0.3, 0.4) is 0 Å². The molecule has 1 heterocycles. The number of nitrogens with one attached hydrogen (secondary N) is 1.